The maximum Gasteiger partial charge on any atom is 0.335 e. The van der Waals surface area contributed by atoms with Crippen LogP contribution in [0.1, 0.15) is 32.9 Å². The molecule has 0 saturated carbocycles. The summed E-state index contributed by atoms with van der Waals surface area (Å²) in [6, 6.07) is 17.3. The highest BCUT2D eigenvalue weighted by molar-refractivity contribution is 5.88. The first-order chi connectivity index (χ1) is 12.6. The molecule has 0 radical (unpaired) electrons. The van der Waals surface area contributed by atoms with Crippen molar-refractivity contribution in [2.24, 2.45) is 0 Å². The molecule has 132 valence electrons. The van der Waals surface area contributed by atoms with Crippen LogP contribution in [0.4, 0.5) is 0 Å². The molecule has 1 aromatic heterocycles. The highest BCUT2D eigenvalue weighted by Crippen LogP contribution is 2.26. The van der Waals surface area contributed by atoms with Crippen LogP contribution in [0, 0.1) is 0 Å². The van der Waals surface area contributed by atoms with Crippen LogP contribution in [0.25, 0.3) is 5.69 Å². The molecule has 0 amide bonds. The van der Waals surface area contributed by atoms with Crippen LogP contribution in [0.5, 0.6) is 0 Å². The fraction of sp³-hybridized carbons (Fsp3) is 0.238. The number of fused-ring (bicyclic) bond motifs is 1. The van der Waals surface area contributed by atoms with E-state index < -0.39 is 5.97 Å². The molecule has 2 aromatic carbocycles. The molecule has 0 fully saturated rings. The summed E-state index contributed by atoms with van der Waals surface area (Å²) in [6.07, 6.45) is 1.69. The van der Waals surface area contributed by atoms with Crippen molar-refractivity contribution in [3.05, 3.63) is 82.7 Å². The van der Waals surface area contributed by atoms with E-state index >= 15 is 0 Å². The molecule has 0 aliphatic carbocycles. The van der Waals surface area contributed by atoms with Gasteiger partial charge in [0.25, 0.3) is 0 Å². The minimum absolute atomic E-state index is 0.282. The van der Waals surface area contributed by atoms with Gasteiger partial charge < -0.3 is 10.0 Å². The van der Waals surface area contributed by atoms with E-state index in [1.165, 1.54) is 16.8 Å². The third-order valence-corrected chi connectivity index (χ3v) is 4.88. The number of carboxylic acid groups (broad SMARTS) is 1. The predicted octanol–water partition coefficient (Wildman–Crippen LogP) is 3.15. The molecule has 0 unspecified atom stereocenters. The zero-order chi connectivity index (χ0) is 18.1. The fourth-order valence-electron chi connectivity index (χ4n) is 3.54. The summed E-state index contributed by atoms with van der Waals surface area (Å²) < 4.78 is 1.94. The first kappa shape index (κ1) is 16.5. The van der Waals surface area contributed by atoms with Gasteiger partial charge in [-0.05, 0) is 30.8 Å². The van der Waals surface area contributed by atoms with Gasteiger partial charge in [-0.15, -0.1) is 0 Å². The molecular formula is C21H21N3O2. The second-order valence-electron chi connectivity index (χ2n) is 6.79. The maximum absolute atomic E-state index is 11.3. The van der Waals surface area contributed by atoms with Crippen molar-refractivity contribution in [3.63, 3.8) is 0 Å². The van der Waals surface area contributed by atoms with Crippen molar-refractivity contribution >= 4 is 5.97 Å². The number of nitrogens with zero attached hydrogens (tertiary/aromatic N) is 3. The average molecular weight is 347 g/mol. The van der Waals surface area contributed by atoms with E-state index in [1.807, 2.05) is 28.9 Å². The topological polar surface area (TPSA) is 58.4 Å². The Bertz CT molecular complexity index is 947. The van der Waals surface area contributed by atoms with Gasteiger partial charge in [-0.25, -0.2) is 9.48 Å². The lowest BCUT2D eigenvalue weighted by Crippen LogP contribution is -2.27. The summed E-state index contributed by atoms with van der Waals surface area (Å²) in [5.41, 5.74) is 5.85. The molecule has 2 heterocycles. The number of rotatable bonds is 4. The lowest BCUT2D eigenvalue weighted by Gasteiger charge is -2.23. The number of aromatic carboxylic acids is 1. The van der Waals surface area contributed by atoms with Gasteiger partial charge in [0.1, 0.15) is 0 Å². The maximum atomic E-state index is 11.3. The van der Waals surface area contributed by atoms with E-state index in [1.54, 1.807) is 18.2 Å². The van der Waals surface area contributed by atoms with E-state index in [9.17, 15) is 9.90 Å². The first-order valence-electron chi connectivity index (χ1n) is 8.77. The molecule has 1 aliphatic rings. The van der Waals surface area contributed by atoms with Gasteiger partial charge in [-0.2, -0.15) is 5.10 Å². The van der Waals surface area contributed by atoms with Gasteiger partial charge in [0.05, 0.1) is 22.6 Å². The highest BCUT2D eigenvalue weighted by Gasteiger charge is 2.24. The van der Waals surface area contributed by atoms with Crippen LogP contribution in [-0.4, -0.2) is 39.3 Å². The van der Waals surface area contributed by atoms with Crippen molar-refractivity contribution < 1.29 is 9.90 Å². The van der Waals surface area contributed by atoms with Gasteiger partial charge in [0.15, 0.2) is 0 Å². The van der Waals surface area contributed by atoms with Gasteiger partial charge in [-0.1, -0.05) is 36.4 Å². The van der Waals surface area contributed by atoms with Crippen molar-refractivity contribution in [2.45, 2.75) is 19.4 Å². The smallest absolute Gasteiger partial charge is 0.335 e. The average Bonchev–Trinajstić information content (AvgIpc) is 3.00. The van der Waals surface area contributed by atoms with Crippen molar-refractivity contribution in [2.75, 3.05) is 13.6 Å². The molecule has 1 aliphatic heterocycles. The van der Waals surface area contributed by atoms with E-state index in [0.29, 0.717) is 0 Å². The number of benzene rings is 2. The van der Waals surface area contributed by atoms with Crippen molar-refractivity contribution in [1.82, 2.24) is 14.7 Å². The van der Waals surface area contributed by atoms with Crippen LogP contribution in [-0.2, 0) is 19.4 Å². The molecule has 0 bridgehead atoms. The predicted molar refractivity (Wildman–Crippen MR) is 99.8 cm³/mol. The van der Waals surface area contributed by atoms with Gasteiger partial charge in [0.2, 0.25) is 0 Å². The van der Waals surface area contributed by atoms with Gasteiger partial charge >= 0.3 is 5.97 Å². The van der Waals surface area contributed by atoms with Crippen LogP contribution in [0.15, 0.2) is 54.6 Å². The fourth-order valence-corrected chi connectivity index (χ4v) is 3.54. The molecule has 0 spiro atoms. The molecule has 0 atom stereocenters. The van der Waals surface area contributed by atoms with Crippen molar-refractivity contribution in [3.8, 4) is 5.69 Å². The standard InChI is InChI=1S/C21H21N3O2/c1-23-11-10-20-18(14-23)19(12-15-6-3-2-4-7-15)22-24(20)17-9-5-8-16(13-17)21(25)26/h2-9,13H,10-12,14H2,1H3,(H,25,26). The SMILES string of the molecule is CN1CCc2c(c(Cc3ccccc3)nn2-c2cccc(C(=O)O)c2)C1. The molecule has 5 nitrogen and oxygen atoms in total. The molecule has 4 rings (SSSR count). The highest BCUT2D eigenvalue weighted by atomic mass is 16.4. The lowest BCUT2D eigenvalue weighted by molar-refractivity contribution is 0.0697. The second kappa shape index (κ2) is 6.77. The number of hydrogen-bond acceptors (Lipinski definition) is 3. The Labute approximate surface area is 152 Å². The second-order valence-corrected chi connectivity index (χ2v) is 6.79. The number of carbonyl (C=O) groups is 1. The zero-order valence-electron chi connectivity index (χ0n) is 14.7. The number of likely N-dealkylation sites (N-methyl/N-ethyl adjacent to an activating group) is 1. The molecular weight excluding hydrogens is 326 g/mol. The molecule has 26 heavy (non-hydrogen) atoms. The van der Waals surface area contributed by atoms with E-state index in [4.69, 9.17) is 5.10 Å². The normalized spacial score (nSPS) is 14.2. The lowest BCUT2D eigenvalue weighted by atomic mass is 10.0. The summed E-state index contributed by atoms with van der Waals surface area (Å²) in [5.74, 6) is -0.919. The monoisotopic (exact) mass is 347 g/mol. The summed E-state index contributed by atoms with van der Waals surface area (Å²) >= 11 is 0. The van der Waals surface area contributed by atoms with Crippen LogP contribution in [0.3, 0.4) is 0 Å². The molecule has 0 saturated heterocycles. The van der Waals surface area contributed by atoms with E-state index in [0.717, 1.165) is 37.3 Å². The Morgan fingerprint density at radius 1 is 1.15 bits per heavy atom. The van der Waals surface area contributed by atoms with E-state index in [-0.39, 0.29) is 5.56 Å². The Kier molecular flexibility index (Phi) is 4.31. The van der Waals surface area contributed by atoms with Crippen molar-refractivity contribution in [1.29, 1.82) is 0 Å². The first-order valence-corrected chi connectivity index (χ1v) is 8.77. The largest absolute Gasteiger partial charge is 0.478 e. The Hall–Kier alpha value is -2.92. The van der Waals surface area contributed by atoms with Gasteiger partial charge in [-0.3, -0.25) is 0 Å². The van der Waals surface area contributed by atoms with Crippen LogP contribution >= 0.6 is 0 Å². The van der Waals surface area contributed by atoms with Crippen LogP contribution in [0.2, 0.25) is 0 Å². The van der Waals surface area contributed by atoms with Crippen LogP contribution < -0.4 is 0 Å². The number of hydrogen-bond donors (Lipinski definition) is 1. The Morgan fingerprint density at radius 3 is 2.73 bits per heavy atom. The minimum Gasteiger partial charge on any atom is -0.478 e. The number of carboxylic acids is 1. The Balaban J connectivity index is 1.79. The Morgan fingerprint density at radius 2 is 1.96 bits per heavy atom. The third-order valence-electron chi connectivity index (χ3n) is 4.88. The zero-order valence-corrected chi connectivity index (χ0v) is 14.7. The molecule has 1 N–H and O–H groups in total. The van der Waals surface area contributed by atoms with E-state index in [2.05, 4.69) is 24.1 Å². The minimum atomic E-state index is -0.919. The third kappa shape index (κ3) is 3.13. The molecule has 5 heteroatoms. The quantitative estimate of drug-likeness (QED) is 0.788. The summed E-state index contributed by atoms with van der Waals surface area (Å²) in [4.78, 5) is 13.6. The van der Waals surface area contributed by atoms with Gasteiger partial charge in [0, 0.05) is 31.5 Å². The number of aromatic nitrogens is 2. The summed E-state index contributed by atoms with van der Waals surface area (Å²) in [5, 5.41) is 14.2. The summed E-state index contributed by atoms with van der Waals surface area (Å²) in [7, 11) is 2.12. The molecule has 3 aromatic rings. The summed E-state index contributed by atoms with van der Waals surface area (Å²) in [6.45, 7) is 1.85.